The molecule has 2 atom stereocenters. The molecular formula is C14H16F10. The van der Waals surface area contributed by atoms with Crippen molar-refractivity contribution < 1.29 is 43.9 Å². The lowest BCUT2D eigenvalue weighted by molar-refractivity contribution is -0.428. The summed E-state index contributed by atoms with van der Waals surface area (Å²) in [4.78, 5) is 0. The Morgan fingerprint density at radius 2 is 1.00 bits per heavy atom. The fourth-order valence-electron chi connectivity index (χ4n) is 4.51. The molecule has 2 saturated carbocycles. The Balaban J connectivity index is 2.70. The highest BCUT2D eigenvalue weighted by molar-refractivity contribution is 5.14. The average Bonchev–Trinajstić information content (AvgIpc) is 2.43. The second kappa shape index (κ2) is 5.65. The van der Waals surface area contributed by atoms with Gasteiger partial charge in [-0.15, -0.1) is 0 Å². The van der Waals surface area contributed by atoms with Crippen molar-refractivity contribution in [1.29, 1.82) is 0 Å². The van der Waals surface area contributed by atoms with Gasteiger partial charge in [0.2, 0.25) is 0 Å². The average molecular weight is 374 g/mol. The van der Waals surface area contributed by atoms with Crippen LogP contribution in [0.3, 0.4) is 0 Å². The van der Waals surface area contributed by atoms with Crippen LogP contribution in [0.1, 0.15) is 44.9 Å². The molecule has 10 heteroatoms. The molecule has 2 rings (SSSR count). The molecule has 24 heavy (non-hydrogen) atoms. The predicted octanol–water partition coefficient (Wildman–Crippen LogP) is 6.36. The highest BCUT2D eigenvalue weighted by Crippen LogP contribution is 2.69. The van der Waals surface area contributed by atoms with Crippen molar-refractivity contribution in [3.05, 3.63) is 0 Å². The lowest BCUT2D eigenvalue weighted by Gasteiger charge is -2.56. The molecular weight excluding hydrogens is 358 g/mol. The van der Waals surface area contributed by atoms with Crippen LogP contribution in [0.5, 0.6) is 0 Å². The minimum Gasteiger partial charge on any atom is -0.195 e. The van der Waals surface area contributed by atoms with Crippen LogP contribution in [0, 0.1) is 17.3 Å². The molecule has 0 radical (unpaired) electrons. The van der Waals surface area contributed by atoms with E-state index in [0.717, 1.165) is 0 Å². The van der Waals surface area contributed by atoms with E-state index in [-0.39, 0.29) is 19.3 Å². The Kier molecular flexibility index (Phi) is 4.62. The zero-order chi connectivity index (χ0) is 18.6. The monoisotopic (exact) mass is 374 g/mol. The number of rotatable bonds is 2. The van der Waals surface area contributed by atoms with Crippen molar-refractivity contribution in [2.45, 2.75) is 69.1 Å². The topological polar surface area (TPSA) is 0 Å². The molecule has 2 fully saturated rings. The van der Waals surface area contributed by atoms with Crippen molar-refractivity contribution in [3.8, 4) is 0 Å². The molecule has 0 aliphatic heterocycles. The molecule has 0 aromatic rings. The molecule has 0 aromatic carbocycles. The molecule has 0 aromatic heterocycles. The molecule has 0 nitrogen and oxygen atoms in total. The molecule has 2 aliphatic rings. The SMILES string of the molecule is FC(F)(F)C(F)(F)C1(C(F)(F)C(F)(F)F)CCCC2CCCCC21. The minimum absolute atomic E-state index is 0.0603. The molecule has 0 heterocycles. The van der Waals surface area contributed by atoms with Crippen molar-refractivity contribution in [1.82, 2.24) is 0 Å². The minimum atomic E-state index is -6.49. The molecule has 2 unspecified atom stereocenters. The maximum atomic E-state index is 14.2. The molecule has 142 valence electrons. The number of hydrogen-bond acceptors (Lipinski definition) is 0. The van der Waals surface area contributed by atoms with E-state index in [1.165, 1.54) is 0 Å². The van der Waals surface area contributed by atoms with Gasteiger partial charge in [0.25, 0.3) is 0 Å². The lowest BCUT2D eigenvalue weighted by Crippen LogP contribution is -2.70. The van der Waals surface area contributed by atoms with Crippen LogP contribution < -0.4 is 0 Å². The second-order valence-electron chi connectivity index (χ2n) is 6.66. The Morgan fingerprint density at radius 1 is 0.583 bits per heavy atom. The van der Waals surface area contributed by atoms with Gasteiger partial charge in [0, 0.05) is 0 Å². The summed E-state index contributed by atoms with van der Waals surface area (Å²) < 4.78 is 134. The van der Waals surface area contributed by atoms with Crippen molar-refractivity contribution in [2.24, 2.45) is 17.3 Å². The summed E-state index contributed by atoms with van der Waals surface area (Å²) in [5, 5.41) is 0. The van der Waals surface area contributed by atoms with E-state index >= 15 is 0 Å². The quantitative estimate of drug-likeness (QED) is 0.494. The normalized spacial score (nSPS) is 29.2. The van der Waals surface area contributed by atoms with E-state index in [0.29, 0.717) is 6.42 Å². The number of halogens is 10. The molecule has 2 aliphatic carbocycles. The third-order valence-electron chi connectivity index (χ3n) is 5.52. The van der Waals surface area contributed by atoms with Gasteiger partial charge in [0.05, 0.1) is 0 Å². The van der Waals surface area contributed by atoms with Crippen LogP contribution in [0.25, 0.3) is 0 Å². The van der Waals surface area contributed by atoms with E-state index in [2.05, 4.69) is 0 Å². The third-order valence-corrected chi connectivity index (χ3v) is 5.52. The Morgan fingerprint density at radius 3 is 1.46 bits per heavy atom. The molecule has 0 spiro atoms. The summed E-state index contributed by atoms with van der Waals surface area (Å²) in [7, 11) is 0. The van der Waals surface area contributed by atoms with Gasteiger partial charge in [-0.3, -0.25) is 0 Å². The zero-order valence-corrected chi connectivity index (χ0v) is 12.4. The van der Waals surface area contributed by atoms with Crippen LogP contribution in [-0.4, -0.2) is 24.2 Å². The van der Waals surface area contributed by atoms with Gasteiger partial charge in [0.15, 0.2) is 0 Å². The highest BCUT2D eigenvalue weighted by atomic mass is 19.4. The molecule has 0 saturated heterocycles. The van der Waals surface area contributed by atoms with Crippen molar-refractivity contribution in [3.63, 3.8) is 0 Å². The van der Waals surface area contributed by atoms with Gasteiger partial charge in [-0.25, -0.2) is 0 Å². The smallest absolute Gasteiger partial charge is 0.195 e. The van der Waals surface area contributed by atoms with E-state index in [1.807, 2.05) is 0 Å². The maximum Gasteiger partial charge on any atom is 0.454 e. The summed E-state index contributed by atoms with van der Waals surface area (Å²) >= 11 is 0. The third kappa shape index (κ3) is 2.50. The van der Waals surface area contributed by atoms with Gasteiger partial charge in [-0.2, -0.15) is 43.9 Å². The van der Waals surface area contributed by atoms with Gasteiger partial charge in [0.1, 0.15) is 5.41 Å². The predicted molar refractivity (Wildman–Crippen MR) is 63.7 cm³/mol. The van der Waals surface area contributed by atoms with Gasteiger partial charge < -0.3 is 0 Å². The van der Waals surface area contributed by atoms with Crippen LogP contribution >= 0.6 is 0 Å². The van der Waals surface area contributed by atoms with Crippen LogP contribution in [-0.2, 0) is 0 Å². The highest BCUT2D eigenvalue weighted by Gasteiger charge is 2.86. The van der Waals surface area contributed by atoms with Gasteiger partial charge in [-0.05, 0) is 24.7 Å². The summed E-state index contributed by atoms with van der Waals surface area (Å²) in [6, 6.07) is 0. The van der Waals surface area contributed by atoms with Crippen LogP contribution in [0.4, 0.5) is 43.9 Å². The van der Waals surface area contributed by atoms with Gasteiger partial charge in [-0.1, -0.05) is 32.1 Å². The fourth-order valence-corrected chi connectivity index (χ4v) is 4.51. The van der Waals surface area contributed by atoms with Gasteiger partial charge >= 0.3 is 24.2 Å². The first-order chi connectivity index (χ1) is 10.7. The second-order valence-corrected chi connectivity index (χ2v) is 6.66. The largest absolute Gasteiger partial charge is 0.454 e. The summed E-state index contributed by atoms with van der Waals surface area (Å²) in [5.41, 5.74) is -4.49. The standard InChI is InChI=1S/C14H16F10/c15-11(16,13(19,20)21)10(12(17,18)14(22,23)24)7-3-5-8-4-1-2-6-9(8)10/h8-9H,1-7H2. The van der Waals surface area contributed by atoms with Crippen LogP contribution in [0.2, 0.25) is 0 Å². The molecule has 0 bridgehead atoms. The summed E-state index contributed by atoms with van der Waals surface area (Å²) in [5.74, 6) is -15.3. The Hall–Kier alpha value is -0.700. The zero-order valence-electron chi connectivity index (χ0n) is 12.4. The van der Waals surface area contributed by atoms with Crippen LogP contribution in [0.15, 0.2) is 0 Å². The van der Waals surface area contributed by atoms with E-state index in [9.17, 15) is 43.9 Å². The molecule has 0 N–H and O–H groups in total. The van der Waals surface area contributed by atoms with Crippen molar-refractivity contribution >= 4 is 0 Å². The van der Waals surface area contributed by atoms with Crippen molar-refractivity contribution in [2.75, 3.05) is 0 Å². The first-order valence-corrected chi connectivity index (χ1v) is 7.59. The first kappa shape index (κ1) is 19.6. The van der Waals surface area contributed by atoms with E-state index < -0.39 is 60.7 Å². The van der Waals surface area contributed by atoms with E-state index in [4.69, 9.17) is 0 Å². The Labute approximate surface area is 131 Å². The summed E-state index contributed by atoms with van der Waals surface area (Å²) in [6.07, 6.45) is -14.8. The number of hydrogen-bond donors (Lipinski definition) is 0. The Bertz CT molecular complexity index is 433. The summed E-state index contributed by atoms with van der Waals surface area (Å²) in [6.45, 7) is 0. The number of fused-ring (bicyclic) bond motifs is 1. The van der Waals surface area contributed by atoms with E-state index in [1.54, 1.807) is 0 Å². The molecule has 0 amide bonds. The lowest BCUT2D eigenvalue weighted by atomic mass is 9.52. The fraction of sp³-hybridized carbons (Fsp3) is 1.00. The number of alkyl halides is 10. The maximum absolute atomic E-state index is 14.2. The first-order valence-electron chi connectivity index (χ1n) is 7.59.